The van der Waals surface area contributed by atoms with E-state index in [1.807, 2.05) is 49.4 Å². The van der Waals surface area contributed by atoms with Gasteiger partial charge in [0.2, 0.25) is 0 Å². The highest BCUT2D eigenvalue weighted by Crippen LogP contribution is 2.29. The molecule has 1 heterocycles. The quantitative estimate of drug-likeness (QED) is 0.778. The van der Waals surface area contributed by atoms with Gasteiger partial charge < -0.3 is 5.11 Å². The van der Waals surface area contributed by atoms with E-state index in [4.69, 9.17) is 0 Å². The summed E-state index contributed by atoms with van der Waals surface area (Å²) < 4.78 is 0. The van der Waals surface area contributed by atoms with Gasteiger partial charge in [-0.25, -0.2) is 0 Å². The highest BCUT2D eigenvalue weighted by Gasteiger charge is 2.15. The summed E-state index contributed by atoms with van der Waals surface area (Å²) in [4.78, 5) is 4.53. The lowest BCUT2D eigenvalue weighted by atomic mass is 9.96. The van der Waals surface area contributed by atoms with Crippen molar-refractivity contribution >= 4 is 10.9 Å². The molecule has 1 N–H and O–H groups in total. The van der Waals surface area contributed by atoms with Gasteiger partial charge in [0.1, 0.15) is 6.10 Å². The minimum absolute atomic E-state index is 0.622. The van der Waals surface area contributed by atoms with Gasteiger partial charge in [-0.05, 0) is 42.2 Å². The maximum atomic E-state index is 10.8. The highest BCUT2D eigenvalue weighted by molar-refractivity contribution is 5.83. The number of nitrogens with zero attached hydrogens (tertiary/aromatic N) is 1. The molecule has 0 amide bonds. The average molecular weight is 277 g/mol. The Bertz CT molecular complexity index is 779. The molecule has 0 fully saturated rings. The number of para-hydroxylation sites is 1. The Labute approximate surface area is 125 Å². The Kier molecular flexibility index (Phi) is 3.72. The lowest BCUT2D eigenvalue weighted by Gasteiger charge is -2.15. The van der Waals surface area contributed by atoms with Crippen LogP contribution in [0.4, 0.5) is 0 Å². The Morgan fingerprint density at radius 3 is 2.67 bits per heavy atom. The predicted octanol–water partition coefficient (Wildman–Crippen LogP) is 4.19. The second kappa shape index (κ2) is 5.66. The largest absolute Gasteiger partial charge is 0.384 e. The summed E-state index contributed by atoms with van der Waals surface area (Å²) in [5.41, 5.74) is 4.95. The van der Waals surface area contributed by atoms with Crippen LogP contribution in [0.1, 0.15) is 35.4 Å². The first kappa shape index (κ1) is 13.8. The number of hydrogen-bond acceptors (Lipinski definition) is 2. The van der Waals surface area contributed by atoms with Crippen LogP contribution in [-0.2, 0) is 6.42 Å². The number of aliphatic hydroxyl groups is 1. The molecule has 0 aliphatic carbocycles. The third-order valence-corrected chi connectivity index (χ3v) is 3.85. The molecule has 1 unspecified atom stereocenters. The topological polar surface area (TPSA) is 33.1 Å². The molecular formula is C19H19NO. The van der Waals surface area contributed by atoms with Crippen LogP contribution in [0.2, 0.25) is 0 Å². The third-order valence-electron chi connectivity index (χ3n) is 3.85. The number of pyridine rings is 1. The van der Waals surface area contributed by atoms with Crippen molar-refractivity contribution in [1.29, 1.82) is 0 Å². The first-order valence-electron chi connectivity index (χ1n) is 7.32. The molecule has 0 bridgehead atoms. The molecule has 1 aromatic heterocycles. The van der Waals surface area contributed by atoms with Gasteiger partial charge in [-0.2, -0.15) is 0 Å². The van der Waals surface area contributed by atoms with Crippen LogP contribution in [0, 0.1) is 6.92 Å². The van der Waals surface area contributed by atoms with E-state index >= 15 is 0 Å². The molecule has 106 valence electrons. The zero-order valence-corrected chi connectivity index (χ0v) is 12.4. The van der Waals surface area contributed by atoms with Crippen LogP contribution in [-0.4, -0.2) is 10.1 Å². The van der Waals surface area contributed by atoms with E-state index in [1.54, 1.807) is 0 Å². The Balaban J connectivity index is 2.14. The van der Waals surface area contributed by atoms with E-state index < -0.39 is 6.10 Å². The fourth-order valence-electron chi connectivity index (χ4n) is 2.73. The van der Waals surface area contributed by atoms with Gasteiger partial charge in [0, 0.05) is 11.1 Å². The molecule has 2 nitrogen and oxygen atoms in total. The van der Waals surface area contributed by atoms with Crippen molar-refractivity contribution in [2.75, 3.05) is 0 Å². The SMILES string of the molecule is CCc1cccc(C(O)c2cc(C)nc3ccccc23)c1. The van der Waals surface area contributed by atoms with E-state index in [0.29, 0.717) is 0 Å². The lowest BCUT2D eigenvalue weighted by molar-refractivity contribution is 0.221. The fraction of sp³-hybridized carbons (Fsp3) is 0.211. The molecular weight excluding hydrogens is 258 g/mol. The Morgan fingerprint density at radius 1 is 1.05 bits per heavy atom. The maximum Gasteiger partial charge on any atom is 0.105 e. The van der Waals surface area contributed by atoms with Crippen molar-refractivity contribution in [3.8, 4) is 0 Å². The molecule has 2 heteroatoms. The minimum Gasteiger partial charge on any atom is -0.384 e. The van der Waals surface area contributed by atoms with Crippen molar-refractivity contribution in [2.24, 2.45) is 0 Å². The molecule has 0 saturated carbocycles. The molecule has 0 aliphatic rings. The van der Waals surface area contributed by atoms with Crippen molar-refractivity contribution < 1.29 is 5.11 Å². The summed E-state index contributed by atoms with van der Waals surface area (Å²) in [6.45, 7) is 4.09. The van der Waals surface area contributed by atoms with Gasteiger partial charge in [0.25, 0.3) is 0 Å². The van der Waals surface area contributed by atoms with Crippen molar-refractivity contribution in [3.05, 3.63) is 77.0 Å². The summed E-state index contributed by atoms with van der Waals surface area (Å²) in [5.74, 6) is 0. The van der Waals surface area contributed by atoms with Gasteiger partial charge in [-0.3, -0.25) is 4.98 Å². The highest BCUT2D eigenvalue weighted by atomic mass is 16.3. The third kappa shape index (κ3) is 2.67. The number of fused-ring (bicyclic) bond motifs is 1. The molecule has 1 atom stereocenters. The summed E-state index contributed by atoms with van der Waals surface area (Å²) in [6.07, 6.45) is 0.347. The smallest absolute Gasteiger partial charge is 0.105 e. The van der Waals surface area contributed by atoms with Crippen molar-refractivity contribution in [2.45, 2.75) is 26.4 Å². The van der Waals surface area contributed by atoms with Crippen molar-refractivity contribution in [1.82, 2.24) is 4.98 Å². The van der Waals surface area contributed by atoms with Gasteiger partial charge in [0.05, 0.1) is 5.52 Å². The van der Waals surface area contributed by atoms with Gasteiger partial charge in [-0.15, -0.1) is 0 Å². The molecule has 0 saturated heterocycles. The fourth-order valence-corrected chi connectivity index (χ4v) is 2.73. The average Bonchev–Trinajstić information content (AvgIpc) is 2.53. The number of aryl methyl sites for hydroxylation is 2. The molecule has 21 heavy (non-hydrogen) atoms. The number of benzene rings is 2. The van der Waals surface area contributed by atoms with E-state index in [-0.39, 0.29) is 0 Å². The summed E-state index contributed by atoms with van der Waals surface area (Å²) in [5, 5.41) is 11.8. The monoisotopic (exact) mass is 277 g/mol. The van der Waals surface area contributed by atoms with E-state index in [9.17, 15) is 5.11 Å². The molecule has 0 radical (unpaired) electrons. The predicted molar refractivity (Wildman–Crippen MR) is 86.4 cm³/mol. The molecule has 3 rings (SSSR count). The van der Waals surface area contributed by atoms with Crippen LogP contribution in [0.15, 0.2) is 54.6 Å². The van der Waals surface area contributed by atoms with Crippen molar-refractivity contribution in [3.63, 3.8) is 0 Å². The normalized spacial score (nSPS) is 12.5. The van der Waals surface area contributed by atoms with Gasteiger partial charge in [0.15, 0.2) is 0 Å². The number of aliphatic hydroxyl groups excluding tert-OH is 1. The Morgan fingerprint density at radius 2 is 1.86 bits per heavy atom. The zero-order chi connectivity index (χ0) is 14.8. The van der Waals surface area contributed by atoms with Crippen LogP contribution in [0.5, 0.6) is 0 Å². The van der Waals surface area contributed by atoms with E-state index in [2.05, 4.69) is 24.0 Å². The van der Waals surface area contributed by atoms with Gasteiger partial charge >= 0.3 is 0 Å². The van der Waals surface area contributed by atoms with Crippen LogP contribution in [0.3, 0.4) is 0 Å². The number of rotatable bonds is 3. The molecule has 2 aromatic carbocycles. The van der Waals surface area contributed by atoms with Crippen LogP contribution in [0.25, 0.3) is 10.9 Å². The Hall–Kier alpha value is -2.19. The first-order chi connectivity index (χ1) is 10.2. The summed E-state index contributed by atoms with van der Waals surface area (Å²) in [7, 11) is 0. The second-order valence-electron chi connectivity index (χ2n) is 5.37. The molecule has 3 aromatic rings. The maximum absolute atomic E-state index is 10.8. The molecule has 0 spiro atoms. The zero-order valence-electron chi connectivity index (χ0n) is 12.4. The van der Waals surface area contributed by atoms with Gasteiger partial charge in [-0.1, -0.05) is 49.4 Å². The number of hydrogen-bond donors (Lipinski definition) is 1. The molecule has 0 aliphatic heterocycles. The number of aromatic nitrogens is 1. The minimum atomic E-state index is -0.622. The summed E-state index contributed by atoms with van der Waals surface area (Å²) >= 11 is 0. The standard InChI is InChI=1S/C19H19NO/c1-3-14-7-6-8-15(12-14)19(21)17-11-13(2)20-18-10-5-4-9-16(17)18/h4-12,19,21H,3H2,1-2H3. The second-order valence-corrected chi connectivity index (χ2v) is 5.37. The lowest BCUT2D eigenvalue weighted by Crippen LogP contribution is -2.03. The van der Waals surface area contributed by atoms with Crippen LogP contribution >= 0.6 is 0 Å². The van der Waals surface area contributed by atoms with Crippen LogP contribution < -0.4 is 0 Å². The van der Waals surface area contributed by atoms with E-state index in [1.165, 1.54) is 5.56 Å². The summed E-state index contributed by atoms with van der Waals surface area (Å²) in [6, 6.07) is 18.1. The first-order valence-corrected chi connectivity index (χ1v) is 7.32. The van der Waals surface area contributed by atoms with E-state index in [0.717, 1.165) is 34.1 Å².